The fraction of sp³-hybridized carbons (Fsp3) is 0.276. The molecule has 1 amide bonds. The van der Waals surface area contributed by atoms with Crippen LogP contribution in [-0.2, 0) is 13.6 Å². The number of nitrogens with zero attached hydrogens (tertiary/aromatic N) is 5. The number of halogens is 1. The van der Waals surface area contributed by atoms with Gasteiger partial charge in [0.15, 0.2) is 0 Å². The van der Waals surface area contributed by atoms with Crippen molar-refractivity contribution in [3.8, 4) is 28.3 Å². The van der Waals surface area contributed by atoms with Crippen molar-refractivity contribution in [1.82, 2.24) is 24.6 Å². The molecular weight excluding hydrogens is 516 g/mol. The number of methoxy groups -OCH3 is 1. The summed E-state index contributed by atoms with van der Waals surface area (Å²) < 4.78 is 6.70. The molecule has 0 atom stereocenters. The van der Waals surface area contributed by atoms with Gasteiger partial charge in [0.2, 0.25) is 5.88 Å². The molecule has 200 valence electrons. The predicted molar refractivity (Wildman–Crippen MR) is 151 cm³/mol. The summed E-state index contributed by atoms with van der Waals surface area (Å²) in [6.45, 7) is 6.90. The molecular formula is C29H29ClN6O3. The van der Waals surface area contributed by atoms with Crippen molar-refractivity contribution in [2.75, 3.05) is 25.5 Å². The molecule has 1 fully saturated rings. The van der Waals surface area contributed by atoms with Crippen LogP contribution >= 0.6 is 11.6 Å². The average molecular weight is 545 g/mol. The van der Waals surface area contributed by atoms with Gasteiger partial charge in [0, 0.05) is 49.7 Å². The Bertz CT molecular complexity index is 1610. The largest absolute Gasteiger partial charge is 0.480 e. The third kappa shape index (κ3) is 5.28. The Balaban J connectivity index is 1.45. The molecule has 0 saturated carbocycles. The minimum Gasteiger partial charge on any atom is -0.480 e. The van der Waals surface area contributed by atoms with Crippen LogP contribution in [0.2, 0.25) is 5.02 Å². The molecule has 10 heteroatoms. The third-order valence-electron chi connectivity index (χ3n) is 6.91. The number of likely N-dealkylation sites (tertiary alicyclic amines) is 1. The van der Waals surface area contributed by atoms with Crippen LogP contribution in [0.1, 0.15) is 28.5 Å². The zero-order valence-electron chi connectivity index (χ0n) is 22.2. The fourth-order valence-electron chi connectivity index (χ4n) is 4.84. The summed E-state index contributed by atoms with van der Waals surface area (Å²) in [7, 11) is 3.10. The number of benzene rings is 2. The number of hydrogen-bond donors (Lipinski definition) is 1. The Hall–Kier alpha value is -4.08. The lowest BCUT2D eigenvalue weighted by Crippen LogP contribution is -2.44. The lowest BCUT2D eigenvalue weighted by molar-refractivity contribution is 0.102. The van der Waals surface area contributed by atoms with E-state index in [0.29, 0.717) is 34.7 Å². The molecule has 2 aromatic carbocycles. The Labute approximate surface area is 231 Å². The standard InChI is InChI=1S/C29H29ClN6O3/c1-17-14-36(15-17)16-25-28(39-4)34-24(13-31-25)21-9-5-8-20(26(21)30)19-7-6-10-23(18(19)2)33-27(37)22-11-12-32-35(3)29(22)38/h5-13,17H,14-16H2,1-4H3,(H,33,37). The van der Waals surface area contributed by atoms with Gasteiger partial charge in [-0.05, 0) is 36.1 Å². The van der Waals surface area contributed by atoms with Gasteiger partial charge in [0.1, 0.15) is 11.3 Å². The molecule has 4 aromatic rings. The number of carbonyl (C=O) groups excluding carboxylic acids is 1. The summed E-state index contributed by atoms with van der Waals surface area (Å²) >= 11 is 6.95. The molecule has 0 spiro atoms. The van der Waals surface area contributed by atoms with E-state index >= 15 is 0 Å². The molecule has 0 bridgehead atoms. The van der Waals surface area contributed by atoms with E-state index in [9.17, 15) is 9.59 Å². The van der Waals surface area contributed by atoms with Crippen molar-refractivity contribution in [1.29, 1.82) is 0 Å². The zero-order chi connectivity index (χ0) is 27.7. The van der Waals surface area contributed by atoms with Gasteiger partial charge in [-0.2, -0.15) is 5.10 Å². The molecule has 1 aliphatic heterocycles. The van der Waals surface area contributed by atoms with Crippen molar-refractivity contribution in [2.24, 2.45) is 13.0 Å². The predicted octanol–water partition coefficient (Wildman–Crippen LogP) is 4.58. The highest BCUT2D eigenvalue weighted by atomic mass is 35.5. The van der Waals surface area contributed by atoms with E-state index < -0.39 is 11.5 Å². The van der Waals surface area contributed by atoms with Gasteiger partial charge >= 0.3 is 0 Å². The van der Waals surface area contributed by atoms with Crippen LogP contribution < -0.4 is 15.6 Å². The van der Waals surface area contributed by atoms with Crippen molar-refractivity contribution in [3.63, 3.8) is 0 Å². The van der Waals surface area contributed by atoms with Gasteiger partial charge in [-0.1, -0.05) is 48.9 Å². The second kappa shape index (κ2) is 11.0. The molecule has 39 heavy (non-hydrogen) atoms. The van der Waals surface area contributed by atoms with Crippen LogP contribution in [0.5, 0.6) is 5.88 Å². The molecule has 9 nitrogen and oxygen atoms in total. The maximum atomic E-state index is 12.9. The molecule has 3 heterocycles. The van der Waals surface area contributed by atoms with E-state index in [2.05, 4.69) is 27.2 Å². The smallest absolute Gasteiger partial charge is 0.279 e. The number of aromatic nitrogens is 4. The Morgan fingerprint density at radius 2 is 1.85 bits per heavy atom. The van der Waals surface area contributed by atoms with Gasteiger partial charge in [-0.25, -0.2) is 9.67 Å². The highest BCUT2D eigenvalue weighted by molar-refractivity contribution is 6.36. The quantitative estimate of drug-likeness (QED) is 0.363. The summed E-state index contributed by atoms with van der Waals surface area (Å²) in [5.74, 6) is 0.674. The van der Waals surface area contributed by atoms with E-state index in [-0.39, 0.29) is 5.56 Å². The number of aryl methyl sites for hydroxylation is 1. The Morgan fingerprint density at radius 3 is 2.59 bits per heavy atom. The van der Waals surface area contributed by atoms with Gasteiger partial charge in [0.25, 0.3) is 11.5 Å². The summed E-state index contributed by atoms with van der Waals surface area (Å²) in [5, 5.41) is 7.23. The molecule has 1 N–H and O–H groups in total. The van der Waals surface area contributed by atoms with Crippen LogP contribution in [0.15, 0.2) is 59.7 Å². The van der Waals surface area contributed by atoms with Crippen molar-refractivity contribution >= 4 is 23.2 Å². The molecule has 1 saturated heterocycles. The summed E-state index contributed by atoms with van der Waals surface area (Å²) in [6.07, 6.45) is 3.14. The fourth-order valence-corrected chi connectivity index (χ4v) is 5.16. The first-order valence-electron chi connectivity index (χ1n) is 12.6. The third-order valence-corrected chi connectivity index (χ3v) is 7.32. The Morgan fingerprint density at radius 1 is 1.13 bits per heavy atom. The van der Waals surface area contributed by atoms with E-state index in [1.807, 2.05) is 37.3 Å². The Kier molecular flexibility index (Phi) is 7.45. The SMILES string of the molecule is COc1nc(-c2cccc(-c3cccc(NC(=O)c4ccnn(C)c4=O)c3C)c2Cl)cnc1CN1CC(C)C1. The minimum atomic E-state index is -0.506. The first-order valence-corrected chi connectivity index (χ1v) is 13.0. The van der Waals surface area contributed by atoms with Gasteiger partial charge in [-0.15, -0.1) is 0 Å². The van der Waals surface area contributed by atoms with Crippen LogP contribution in [0.25, 0.3) is 22.4 Å². The number of nitrogens with one attached hydrogen (secondary N) is 1. The van der Waals surface area contributed by atoms with E-state index in [4.69, 9.17) is 21.3 Å². The van der Waals surface area contributed by atoms with Gasteiger partial charge < -0.3 is 10.1 Å². The number of ether oxygens (including phenoxy) is 1. The van der Waals surface area contributed by atoms with Crippen LogP contribution in [-0.4, -0.2) is 50.8 Å². The summed E-state index contributed by atoms with van der Waals surface area (Å²) in [4.78, 5) is 36.9. The average Bonchev–Trinajstić information content (AvgIpc) is 2.91. The zero-order valence-corrected chi connectivity index (χ0v) is 23.0. The molecule has 2 aromatic heterocycles. The monoisotopic (exact) mass is 544 g/mol. The van der Waals surface area contributed by atoms with E-state index in [0.717, 1.165) is 45.7 Å². The first kappa shape index (κ1) is 26.5. The highest BCUT2D eigenvalue weighted by Crippen LogP contribution is 2.39. The molecule has 5 rings (SSSR count). The topological polar surface area (TPSA) is 102 Å². The number of amides is 1. The molecule has 0 radical (unpaired) electrons. The maximum Gasteiger partial charge on any atom is 0.279 e. The van der Waals surface area contributed by atoms with Crippen LogP contribution in [0.4, 0.5) is 5.69 Å². The number of rotatable bonds is 7. The molecule has 0 unspecified atom stereocenters. The van der Waals surface area contributed by atoms with Crippen LogP contribution in [0.3, 0.4) is 0 Å². The molecule has 1 aliphatic rings. The lowest BCUT2D eigenvalue weighted by Gasteiger charge is -2.36. The van der Waals surface area contributed by atoms with Gasteiger partial charge in [-0.3, -0.25) is 19.5 Å². The van der Waals surface area contributed by atoms with Crippen LogP contribution in [0, 0.1) is 12.8 Å². The number of carbonyl (C=O) groups is 1. The lowest BCUT2D eigenvalue weighted by atomic mass is 9.96. The number of anilines is 1. The van der Waals surface area contributed by atoms with Crippen molar-refractivity contribution < 1.29 is 9.53 Å². The highest BCUT2D eigenvalue weighted by Gasteiger charge is 2.25. The first-order chi connectivity index (χ1) is 18.8. The minimum absolute atomic E-state index is 0.0110. The second-order valence-corrected chi connectivity index (χ2v) is 10.2. The summed E-state index contributed by atoms with van der Waals surface area (Å²) in [5.41, 5.74) is 4.66. The summed E-state index contributed by atoms with van der Waals surface area (Å²) in [6, 6.07) is 12.7. The van der Waals surface area contributed by atoms with E-state index in [1.165, 1.54) is 19.3 Å². The van der Waals surface area contributed by atoms with Gasteiger partial charge in [0.05, 0.1) is 24.0 Å². The molecule has 0 aliphatic carbocycles. The normalized spacial score (nSPS) is 13.7. The van der Waals surface area contributed by atoms with Crippen molar-refractivity contribution in [3.05, 3.63) is 87.1 Å². The number of hydrogen-bond acceptors (Lipinski definition) is 7. The maximum absolute atomic E-state index is 12.9. The van der Waals surface area contributed by atoms with E-state index in [1.54, 1.807) is 19.4 Å². The second-order valence-electron chi connectivity index (χ2n) is 9.78. The van der Waals surface area contributed by atoms with Crippen molar-refractivity contribution in [2.45, 2.75) is 20.4 Å².